The van der Waals surface area contributed by atoms with Crippen molar-refractivity contribution in [2.45, 2.75) is 0 Å². The van der Waals surface area contributed by atoms with E-state index in [2.05, 4.69) is 0 Å². The Balaban J connectivity index is 1.61. The van der Waals surface area contributed by atoms with Crippen molar-refractivity contribution in [3.05, 3.63) is 182 Å². The summed E-state index contributed by atoms with van der Waals surface area (Å²) >= 11 is 0. The van der Waals surface area contributed by atoms with E-state index >= 15 is 0 Å². The van der Waals surface area contributed by atoms with Crippen LogP contribution in [0.2, 0.25) is 0 Å². The Labute approximate surface area is 299 Å². The van der Waals surface area contributed by atoms with Crippen molar-refractivity contribution < 1.29 is 29.1 Å². The zero-order chi connectivity index (χ0) is 46.8. The minimum atomic E-state index is -0.797. The number of hydrogen-bond donors (Lipinski definition) is 0. The molecule has 1 aromatic heterocycles. The molecule has 0 N–H and O–H groups in total. The average molecular weight is 617 g/mol. The van der Waals surface area contributed by atoms with Crippen molar-refractivity contribution in [1.82, 2.24) is 0 Å². The highest BCUT2D eigenvalue weighted by molar-refractivity contribution is 6.25. The Kier molecular flexibility index (Phi) is 3.49. The normalized spacial score (nSPS) is 16.8. The zero-order valence-electron chi connectivity index (χ0n) is 42.3. The molecule has 0 spiro atoms. The van der Waals surface area contributed by atoms with Crippen LogP contribution < -0.4 is 0 Å². The number of benzene rings is 8. The van der Waals surface area contributed by atoms with E-state index in [1.807, 2.05) is 36.4 Å². The molecular formula is C46H30O. The predicted octanol–water partition coefficient (Wildman–Crippen LogP) is 13.1. The molecule has 0 saturated carbocycles. The van der Waals surface area contributed by atoms with E-state index in [1.165, 1.54) is 18.2 Å². The highest BCUT2D eigenvalue weighted by atomic mass is 16.3. The van der Waals surface area contributed by atoms with Crippen LogP contribution in [0.15, 0.2) is 186 Å². The molecule has 9 aromatic rings. The van der Waals surface area contributed by atoms with E-state index in [0.29, 0.717) is 11.1 Å². The zero-order valence-corrected chi connectivity index (χ0v) is 24.3. The predicted molar refractivity (Wildman–Crippen MR) is 198 cm³/mol. The molecule has 0 aliphatic heterocycles. The monoisotopic (exact) mass is 616 g/mol. The molecule has 8 aromatic carbocycles. The van der Waals surface area contributed by atoms with E-state index < -0.39 is 131 Å². The fourth-order valence-corrected chi connectivity index (χ4v) is 6.14. The van der Waals surface area contributed by atoms with E-state index in [0.717, 1.165) is 5.56 Å². The molecule has 1 nitrogen and oxygen atoms in total. The molecule has 0 bridgehead atoms. The van der Waals surface area contributed by atoms with Crippen LogP contribution >= 0.6 is 0 Å². The lowest BCUT2D eigenvalue weighted by atomic mass is 9.84. The van der Waals surface area contributed by atoms with Gasteiger partial charge in [-0.05, 0) is 67.1 Å². The van der Waals surface area contributed by atoms with Crippen LogP contribution in [0.3, 0.4) is 0 Å². The molecule has 0 fully saturated rings. The lowest BCUT2D eigenvalue weighted by Crippen LogP contribution is -1.92. The summed E-state index contributed by atoms with van der Waals surface area (Å²) in [4.78, 5) is 0. The Morgan fingerprint density at radius 1 is 0.362 bits per heavy atom. The lowest BCUT2D eigenvalue weighted by Gasteiger charge is -2.18. The quantitative estimate of drug-likeness (QED) is 0.175. The maximum Gasteiger partial charge on any atom is 0.143 e. The van der Waals surface area contributed by atoms with Crippen molar-refractivity contribution in [3.63, 3.8) is 0 Å². The van der Waals surface area contributed by atoms with Gasteiger partial charge in [-0.15, -0.1) is 0 Å². The van der Waals surface area contributed by atoms with Gasteiger partial charge in [-0.25, -0.2) is 0 Å². The van der Waals surface area contributed by atoms with Crippen molar-refractivity contribution in [2.24, 2.45) is 0 Å². The third-order valence-electron chi connectivity index (χ3n) is 8.11. The molecule has 220 valence electrons. The molecule has 1 heterocycles. The van der Waals surface area contributed by atoms with Crippen LogP contribution in [0.25, 0.3) is 88.3 Å². The van der Waals surface area contributed by atoms with Gasteiger partial charge in [0.2, 0.25) is 0 Å². The van der Waals surface area contributed by atoms with Gasteiger partial charge in [-0.1, -0.05) is 169 Å². The summed E-state index contributed by atoms with van der Waals surface area (Å²) < 4.78 is 167. The van der Waals surface area contributed by atoms with E-state index in [4.69, 9.17) is 23.6 Å². The molecule has 0 unspecified atom stereocenters. The molecule has 0 atom stereocenters. The van der Waals surface area contributed by atoms with Gasteiger partial charge in [0.25, 0.3) is 0 Å². The second-order valence-corrected chi connectivity index (χ2v) is 10.7. The third-order valence-corrected chi connectivity index (χ3v) is 8.11. The van der Waals surface area contributed by atoms with Crippen molar-refractivity contribution >= 4 is 32.5 Å². The summed E-state index contributed by atoms with van der Waals surface area (Å²) in [7, 11) is 0. The summed E-state index contributed by atoms with van der Waals surface area (Å²) in [6, 6.07) is 7.99. The SMILES string of the molecule is [2H]c1c([2H])c([2H])c(-c2ccc3oc(-c4ccccc4-c4ccccc4)c(-c4c5c([2H])c([2H])c([2H])c([2H])c5c(-c5c([2H])c([2H])c([2H])c([2H])c5[2H])c5c([2H])c([2H])c([2H])c([2H])c45)c3c2)c([2H])c1[2H]. The molecule has 0 aliphatic carbocycles. The molecule has 47 heavy (non-hydrogen) atoms. The Bertz CT molecular complexity index is 3440. The van der Waals surface area contributed by atoms with Crippen molar-refractivity contribution in [2.75, 3.05) is 0 Å². The number of fused-ring (bicyclic) bond motifs is 3. The molecule has 0 aliphatic rings. The maximum absolute atomic E-state index is 9.59. The topological polar surface area (TPSA) is 13.1 Å². The van der Waals surface area contributed by atoms with Gasteiger partial charge in [0.05, 0.1) is 24.7 Å². The Morgan fingerprint density at radius 2 is 0.894 bits per heavy atom. The second kappa shape index (κ2) is 11.3. The standard InChI is InChI=1S/C46H30O/c1-4-16-31(17-5-1)34-28-29-42-41(30-34)45(46(47-42)40-27-15-10-22-35(40)32-18-6-2-7-19-32)44-38-25-13-11-23-36(38)43(33-20-8-3-9-21-33)37-24-12-14-26-39(37)44/h1-30H/i1D,3D,4D,5D,8D,9D,11D,12D,13D,14D,16D,17D,20D,21D,23D,24D,25D,26D. The van der Waals surface area contributed by atoms with Gasteiger partial charge in [0.15, 0.2) is 0 Å². The molecule has 1 heteroatoms. The average Bonchev–Trinajstić information content (AvgIpc) is 3.69. The van der Waals surface area contributed by atoms with Crippen LogP contribution in [-0.2, 0) is 0 Å². The Morgan fingerprint density at radius 3 is 1.53 bits per heavy atom. The van der Waals surface area contributed by atoms with Gasteiger partial charge in [0.1, 0.15) is 11.3 Å². The van der Waals surface area contributed by atoms with Crippen LogP contribution in [0, 0.1) is 0 Å². The minimum Gasteiger partial charge on any atom is -0.455 e. The molecule has 9 rings (SSSR count). The van der Waals surface area contributed by atoms with Crippen molar-refractivity contribution in [1.29, 1.82) is 0 Å². The van der Waals surface area contributed by atoms with Crippen LogP contribution in [0.5, 0.6) is 0 Å². The Hall–Kier alpha value is -6.18. The van der Waals surface area contributed by atoms with Crippen molar-refractivity contribution in [3.8, 4) is 55.8 Å². The first-order valence-electron chi connectivity index (χ1n) is 23.6. The number of rotatable bonds is 5. The maximum atomic E-state index is 9.59. The largest absolute Gasteiger partial charge is 0.455 e. The lowest BCUT2D eigenvalue weighted by molar-refractivity contribution is 0.633. The van der Waals surface area contributed by atoms with E-state index in [1.54, 1.807) is 18.2 Å². The van der Waals surface area contributed by atoms with Crippen LogP contribution in [0.1, 0.15) is 24.7 Å². The molecule has 0 radical (unpaired) electrons. The molecular weight excluding hydrogens is 569 g/mol. The smallest absolute Gasteiger partial charge is 0.143 e. The minimum absolute atomic E-state index is 0.0234. The van der Waals surface area contributed by atoms with Crippen LogP contribution in [-0.4, -0.2) is 0 Å². The summed E-state index contributed by atoms with van der Waals surface area (Å²) in [5.74, 6) is 0.0515. The highest BCUT2D eigenvalue weighted by Crippen LogP contribution is 2.51. The van der Waals surface area contributed by atoms with E-state index in [-0.39, 0.29) is 49.8 Å². The number of furan rings is 1. The van der Waals surface area contributed by atoms with Gasteiger partial charge >= 0.3 is 0 Å². The first kappa shape index (κ1) is 14.5. The highest BCUT2D eigenvalue weighted by Gasteiger charge is 2.25. The van der Waals surface area contributed by atoms with Gasteiger partial charge in [-0.3, -0.25) is 0 Å². The first-order valence-corrected chi connectivity index (χ1v) is 14.6. The summed E-state index contributed by atoms with van der Waals surface area (Å²) in [5.41, 5.74) is 0.654. The van der Waals surface area contributed by atoms with Gasteiger partial charge in [0, 0.05) is 22.1 Å². The second-order valence-electron chi connectivity index (χ2n) is 10.7. The third kappa shape index (κ3) is 4.56. The summed E-state index contributed by atoms with van der Waals surface area (Å²) in [6.07, 6.45) is 0. The molecule has 0 saturated heterocycles. The van der Waals surface area contributed by atoms with Gasteiger partial charge in [-0.2, -0.15) is 0 Å². The summed E-state index contributed by atoms with van der Waals surface area (Å²) in [6.45, 7) is 0. The van der Waals surface area contributed by atoms with Gasteiger partial charge < -0.3 is 4.42 Å². The number of hydrogen-bond acceptors (Lipinski definition) is 1. The van der Waals surface area contributed by atoms with E-state index in [9.17, 15) is 5.48 Å². The van der Waals surface area contributed by atoms with Crippen LogP contribution in [0.4, 0.5) is 0 Å². The fourth-order valence-electron chi connectivity index (χ4n) is 6.14. The summed E-state index contributed by atoms with van der Waals surface area (Å²) in [5, 5.41) is -1.37. The molecule has 0 amide bonds. The fraction of sp³-hybridized carbons (Fsp3) is 0. The first-order chi connectivity index (χ1) is 30.8.